The van der Waals surface area contributed by atoms with Gasteiger partial charge in [-0.25, -0.2) is 0 Å². The number of ether oxygens (including phenoxy) is 2. The quantitative estimate of drug-likeness (QED) is 0.0967. The van der Waals surface area contributed by atoms with Crippen LogP contribution in [0.15, 0.2) is 54.1 Å². The predicted octanol–water partition coefficient (Wildman–Crippen LogP) is 12.0. The molecule has 4 unspecified atom stereocenters. The van der Waals surface area contributed by atoms with E-state index in [1.807, 2.05) is 62.4 Å². The van der Waals surface area contributed by atoms with Crippen LogP contribution in [0.5, 0.6) is 11.5 Å². The molecular weight excluding hydrogens is 592 g/mol. The van der Waals surface area contributed by atoms with Crippen molar-refractivity contribution in [2.75, 3.05) is 0 Å². The monoisotopic (exact) mass is 654 g/mol. The van der Waals surface area contributed by atoms with Gasteiger partial charge in [-0.1, -0.05) is 109 Å². The summed E-state index contributed by atoms with van der Waals surface area (Å²) in [6.07, 6.45) is 21.3. The number of esters is 1. The molecule has 0 radical (unpaired) electrons. The molecule has 48 heavy (non-hydrogen) atoms. The third kappa shape index (κ3) is 10.4. The summed E-state index contributed by atoms with van der Waals surface area (Å²) in [6, 6.07) is 9.34. The van der Waals surface area contributed by atoms with E-state index in [2.05, 4.69) is 41.5 Å². The Morgan fingerprint density at radius 3 is 2.25 bits per heavy atom. The van der Waals surface area contributed by atoms with E-state index in [-0.39, 0.29) is 17.4 Å². The molecule has 262 valence electrons. The number of allylic oxidation sites excluding steroid dienone is 4. The minimum absolute atomic E-state index is 0.0102. The number of fused-ring (bicyclic) bond motifs is 1. The first kappa shape index (κ1) is 37.7. The standard InChI is InChI=1S/C44H62O4/c1-30(2)16-12-17-31(3)18-13-19-32(4)20-15-26-44(8)27-25-39-35(7)40(28-33(5)42(39)48-44)47-43(46)34(6)37-23-14-24-38(29-37)41(45)36-21-10-9-11-22-36/h10,14,21-24,28-32,34H,9,11-13,15-20,25-27H2,1-8H3. The van der Waals surface area contributed by atoms with Gasteiger partial charge < -0.3 is 9.47 Å². The van der Waals surface area contributed by atoms with E-state index in [0.29, 0.717) is 16.9 Å². The summed E-state index contributed by atoms with van der Waals surface area (Å²) in [5, 5.41) is 0. The van der Waals surface area contributed by atoms with Gasteiger partial charge in [0.15, 0.2) is 5.78 Å². The largest absolute Gasteiger partial charge is 0.487 e. The predicted molar refractivity (Wildman–Crippen MR) is 199 cm³/mol. The molecule has 2 aromatic rings. The number of Topliss-reactive ketones (excluding diaryl/α,β-unsaturated/α-hetero) is 1. The van der Waals surface area contributed by atoms with Crippen LogP contribution in [0.25, 0.3) is 0 Å². The lowest BCUT2D eigenvalue weighted by Gasteiger charge is -2.38. The maximum Gasteiger partial charge on any atom is 0.318 e. The van der Waals surface area contributed by atoms with E-state index in [1.54, 1.807) is 0 Å². The van der Waals surface area contributed by atoms with Gasteiger partial charge in [0, 0.05) is 16.7 Å². The number of carbonyl (C=O) groups excluding carboxylic acids is 2. The van der Waals surface area contributed by atoms with Gasteiger partial charge in [-0.2, -0.15) is 0 Å². The Kier molecular flexibility index (Phi) is 13.7. The summed E-state index contributed by atoms with van der Waals surface area (Å²) in [5.74, 6) is 3.14. The van der Waals surface area contributed by atoms with Gasteiger partial charge in [-0.05, 0) is 113 Å². The summed E-state index contributed by atoms with van der Waals surface area (Å²) in [6.45, 7) is 17.7. The van der Waals surface area contributed by atoms with E-state index in [1.165, 1.54) is 51.4 Å². The smallest absolute Gasteiger partial charge is 0.318 e. The Labute approximate surface area is 291 Å². The molecule has 0 spiro atoms. The zero-order valence-corrected chi connectivity index (χ0v) is 31.3. The van der Waals surface area contributed by atoms with Gasteiger partial charge in [0.05, 0.1) is 5.92 Å². The van der Waals surface area contributed by atoms with Crippen LogP contribution in [0, 0.1) is 31.6 Å². The molecule has 0 amide bonds. The van der Waals surface area contributed by atoms with Crippen LogP contribution in [-0.4, -0.2) is 17.4 Å². The second-order valence-corrected chi connectivity index (χ2v) is 15.8. The van der Waals surface area contributed by atoms with E-state index in [4.69, 9.17) is 9.47 Å². The van der Waals surface area contributed by atoms with Gasteiger partial charge >= 0.3 is 5.97 Å². The molecule has 4 nitrogen and oxygen atoms in total. The molecule has 0 N–H and O–H groups in total. The maximum absolute atomic E-state index is 13.4. The zero-order valence-electron chi connectivity index (χ0n) is 31.3. The minimum atomic E-state index is -0.510. The fourth-order valence-electron chi connectivity index (χ4n) is 7.37. The van der Waals surface area contributed by atoms with Crippen LogP contribution < -0.4 is 9.47 Å². The van der Waals surface area contributed by atoms with Crippen LogP contribution in [0.2, 0.25) is 0 Å². The fraction of sp³-hybridized carbons (Fsp3) is 0.591. The maximum atomic E-state index is 13.4. The van der Waals surface area contributed by atoms with E-state index in [0.717, 1.165) is 77.9 Å². The van der Waals surface area contributed by atoms with Crippen molar-refractivity contribution in [1.82, 2.24) is 0 Å². The van der Waals surface area contributed by atoms with E-state index < -0.39 is 5.92 Å². The van der Waals surface area contributed by atoms with E-state index in [9.17, 15) is 9.59 Å². The highest BCUT2D eigenvalue weighted by molar-refractivity contribution is 6.10. The lowest BCUT2D eigenvalue weighted by atomic mass is 9.84. The number of hydrogen-bond acceptors (Lipinski definition) is 4. The van der Waals surface area contributed by atoms with Crippen molar-refractivity contribution in [1.29, 1.82) is 0 Å². The fourth-order valence-corrected chi connectivity index (χ4v) is 7.37. The number of carbonyl (C=O) groups is 2. The first-order chi connectivity index (χ1) is 22.9. The normalized spacial score (nSPS) is 19.2. The third-order valence-electron chi connectivity index (χ3n) is 10.8. The Bertz CT molecular complexity index is 1460. The molecule has 2 aliphatic rings. The van der Waals surface area contributed by atoms with Crippen LogP contribution >= 0.6 is 0 Å². The molecule has 1 heterocycles. The summed E-state index contributed by atoms with van der Waals surface area (Å²) in [7, 11) is 0. The topological polar surface area (TPSA) is 52.6 Å². The molecule has 4 atom stereocenters. The van der Waals surface area contributed by atoms with Crippen molar-refractivity contribution >= 4 is 11.8 Å². The highest BCUT2D eigenvalue weighted by Crippen LogP contribution is 2.43. The molecule has 4 heteroatoms. The molecule has 0 fully saturated rings. The Morgan fingerprint density at radius 1 is 0.896 bits per heavy atom. The highest BCUT2D eigenvalue weighted by atomic mass is 16.5. The third-order valence-corrected chi connectivity index (χ3v) is 10.8. The average Bonchev–Trinajstić information content (AvgIpc) is 3.06. The van der Waals surface area contributed by atoms with Gasteiger partial charge in [0.1, 0.15) is 17.1 Å². The molecule has 0 saturated carbocycles. The second kappa shape index (κ2) is 17.5. The molecule has 0 bridgehead atoms. The average molecular weight is 655 g/mol. The number of aryl methyl sites for hydroxylation is 1. The Morgan fingerprint density at radius 2 is 1.58 bits per heavy atom. The van der Waals surface area contributed by atoms with Crippen LogP contribution in [0.4, 0.5) is 0 Å². The molecule has 1 aliphatic heterocycles. The van der Waals surface area contributed by atoms with Gasteiger partial charge in [-0.15, -0.1) is 0 Å². The Balaban J connectivity index is 1.29. The second-order valence-electron chi connectivity index (χ2n) is 15.8. The van der Waals surface area contributed by atoms with Crippen molar-refractivity contribution in [2.24, 2.45) is 17.8 Å². The SMILES string of the molecule is Cc1cc(OC(=O)C(C)c2cccc(C(=O)C3=CCCC=C3)c2)c(C)c2c1OC(C)(CCCC(C)CCCC(C)CCCC(C)C)CC2. The summed E-state index contributed by atoms with van der Waals surface area (Å²) < 4.78 is 12.8. The van der Waals surface area contributed by atoms with Crippen LogP contribution in [0.1, 0.15) is 157 Å². The van der Waals surface area contributed by atoms with Crippen molar-refractivity contribution in [3.05, 3.63) is 82.0 Å². The molecule has 1 aliphatic carbocycles. The number of hydrogen-bond donors (Lipinski definition) is 0. The molecule has 0 aromatic heterocycles. The van der Waals surface area contributed by atoms with Crippen molar-refractivity contribution in [3.63, 3.8) is 0 Å². The Hall–Kier alpha value is -3.14. The first-order valence-electron chi connectivity index (χ1n) is 18.9. The lowest BCUT2D eigenvalue weighted by molar-refractivity contribution is -0.135. The van der Waals surface area contributed by atoms with Gasteiger partial charge in [0.2, 0.25) is 0 Å². The molecule has 2 aromatic carbocycles. The highest BCUT2D eigenvalue weighted by Gasteiger charge is 2.34. The molecule has 0 saturated heterocycles. The number of benzene rings is 2. The number of ketones is 1. The van der Waals surface area contributed by atoms with Crippen molar-refractivity contribution < 1.29 is 19.1 Å². The van der Waals surface area contributed by atoms with Crippen LogP contribution in [-0.2, 0) is 11.2 Å². The minimum Gasteiger partial charge on any atom is -0.487 e. The van der Waals surface area contributed by atoms with Gasteiger partial charge in [-0.3, -0.25) is 9.59 Å². The van der Waals surface area contributed by atoms with Crippen molar-refractivity contribution in [3.8, 4) is 11.5 Å². The molecule has 4 rings (SSSR count). The summed E-state index contributed by atoms with van der Waals surface area (Å²) in [5.41, 5.74) is 5.05. The zero-order chi connectivity index (χ0) is 34.8. The van der Waals surface area contributed by atoms with E-state index >= 15 is 0 Å². The van der Waals surface area contributed by atoms with Crippen LogP contribution in [0.3, 0.4) is 0 Å². The molecular formula is C44H62O4. The lowest BCUT2D eigenvalue weighted by Crippen LogP contribution is -2.37. The first-order valence-corrected chi connectivity index (χ1v) is 18.9. The summed E-state index contributed by atoms with van der Waals surface area (Å²) in [4.78, 5) is 26.4. The number of rotatable bonds is 17. The summed E-state index contributed by atoms with van der Waals surface area (Å²) >= 11 is 0. The van der Waals surface area contributed by atoms with Crippen molar-refractivity contribution in [2.45, 2.75) is 150 Å². The van der Waals surface area contributed by atoms with Gasteiger partial charge in [0.25, 0.3) is 0 Å².